The second-order valence-corrected chi connectivity index (χ2v) is 14.6. The maximum Gasteiger partial charge on any atom is 0.244 e. The third-order valence-electron chi connectivity index (χ3n) is 6.42. The van der Waals surface area contributed by atoms with Gasteiger partial charge in [-0.3, -0.25) is 0 Å². The van der Waals surface area contributed by atoms with E-state index in [4.69, 9.17) is 0 Å². The monoisotopic (exact) mass is 659 g/mol. The fraction of sp³-hybridized carbons (Fsp3) is 0.200. The first-order chi connectivity index (χ1) is 17.9. The van der Waals surface area contributed by atoms with Crippen LogP contribution in [0.3, 0.4) is 0 Å². The topological polar surface area (TPSA) is 71.5 Å². The highest BCUT2D eigenvalue weighted by atomic mass is 127. The first-order valence-corrected chi connectivity index (χ1v) is 16.5. The molecule has 0 fully saturated rings. The zero-order chi connectivity index (χ0) is 27.7. The van der Waals surface area contributed by atoms with Crippen LogP contribution in [-0.4, -0.2) is 27.4 Å². The average Bonchev–Trinajstić information content (AvgIpc) is 2.84. The van der Waals surface area contributed by atoms with Crippen molar-refractivity contribution in [1.29, 1.82) is 0 Å². The first-order valence-electron chi connectivity index (χ1n) is 12.1. The van der Waals surface area contributed by atoms with Crippen molar-refractivity contribution in [2.45, 2.75) is 43.7 Å². The van der Waals surface area contributed by atoms with Crippen molar-refractivity contribution >= 4 is 42.5 Å². The lowest BCUT2D eigenvalue weighted by molar-refractivity contribution is 0.400. The van der Waals surface area contributed by atoms with Crippen molar-refractivity contribution in [1.82, 2.24) is 4.31 Å². The van der Waals surface area contributed by atoms with Crippen LogP contribution in [0.4, 0.5) is 0 Å². The molecule has 4 aromatic carbocycles. The Morgan fingerprint density at radius 2 is 1.34 bits per heavy atom. The van der Waals surface area contributed by atoms with Gasteiger partial charge in [-0.2, -0.15) is 4.31 Å². The summed E-state index contributed by atoms with van der Waals surface area (Å²) in [5, 5.41) is 0. The van der Waals surface area contributed by atoms with Crippen molar-refractivity contribution in [3.05, 3.63) is 116 Å². The predicted molar refractivity (Wildman–Crippen MR) is 161 cm³/mol. The molecule has 0 heterocycles. The van der Waals surface area contributed by atoms with E-state index in [-0.39, 0.29) is 18.0 Å². The summed E-state index contributed by atoms with van der Waals surface area (Å²) in [7, 11) is -7.13. The summed E-state index contributed by atoms with van der Waals surface area (Å²) >= 11 is 2.24. The highest BCUT2D eigenvalue weighted by Crippen LogP contribution is 2.29. The molecule has 38 heavy (non-hydrogen) atoms. The van der Waals surface area contributed by atoms with E-state index in [0.717, 1.165) is 42.5 Å². The highest BCUT2D eigenvalue weighted by molar-refractivity contribution is 14.1. The highest BCUT2D eigenvalue weighted by Gasteiger charge is 2.29. The largest absolute Gasteiger partial charge is 0.244 e. The van der Waals surface area contributed by atoms with Crippen molar-refractivity contribution in [3.8, 4) is 11.1 Å². The number of hydrogen-bond acceptors (Lipinski definition) is 4. The minimum Gasteiger partial charge on any atom is -0.224 e. The predicted octanol–water partition coefficient (Wildman–Crippen LogP) is 6.68. The lowest BCUT2D eigenvalue weighted by Gasteiger charge is -2.25. The molecule has 0 aromatic heterocycles. The molecule has 8 heteroatoms. The molecule has 4 aromatic rings. The Morgan fingerprint density at radius 1 is 0.711 bits per heavy atom. The van der Waals surface area contributed by atoms with Gasteiger partial charge in [0.05, 0.1) is 9.79 Å². The zero-order valence-corrected chi connectivity index (χ0v) is 25.6. The van der Waals surface area contributed by atoms with Crippen LogP contribution in [0.15, 0.2) is 94.7 Å². The van der Waals surface area contributed by atoms with E-state index < -0.39 is 19.9 Å². The van der Waals surface area contributed by atoms with E-state index in [0.29, 0.717) is 4.90 Å². The lowest BCUT2D eigenvalue weighted by atomic mass is 10.0. The van der Waals surface area contributed by atoms with Crippen LogP contribution in [0.1, 0.15) is 27.8 Å². The molecule has 0 aliphatic heterocycles. The Bertz CT molecular complexity index is 1670. The summed E-state index contributed by atoms with van der Waals surface area (Å²) in [5.41, 5.74) is 5.91. The van der Waals surface area contributed by atoms with Crippen LogP contribution in [-0.2, 0) is 33.0 Å². The molecule has 198 valence electrons. The number of sulfone groups is 1. The molecular weight excluding hydrogens is 629 g/mol. The normalized spacial score (nSPS) is 12.2. The Labute approximate surface area is 239 Å². The SMILES string of the molecule is Cc1cc(C)c(S(=O)(=O)N(Cc2ccc(-c3cccc(S(C)(=O)=O)c3)cc2)Cc2ccccc2I)c(C)c1. The number of benzene rings is 4. The fourth-order valence-corrected chi connectivity index (χ4v) is 7.70. The molecule has 0 aliphatic carbocycles. The van der Waals surface area contributed by atoms with Crippen molar-refractivity contribution in [3.63, 3.8) is 0 Å². The van der Waals surface area contributed by atoms with Gasteiger partial charge in [0.25, 0.3) is 0 Å². The number of nitrogens with zero attached hydrogens (tertiary/aromatic N) is 1. The second-order valence-electron chi connectivity index (χ2n) is 9.59. The van der Waals surface area contributed by atoms with Gasteiger partial charge in [0.2, 0.25) is 10.0 Å². The Kier molecular flexibility index (Phi) is 8.46. The first kappa shape index (κ1) is 28.5. The Morgan fingerprint density at radius 3 is 1.95 bits per heavy atom. The van der Waals surface area contributed by atoms with E-state index in [1.807, 2.05) is 87.5 Å². The van der Waals surface area contributed by atoms with Gasteiger partial charge in [-0.1, -0.05) is 72.3 Å². The molecule has 0 unspecified atom stereocenters. The maximum absolute atomic E-state index is 14.1. The standard InChI is InChI=1S/C30H30INO4S2/c1-21-16-22(2)30(23(3)17-21)38(35,36)32(20-27-8-5-6-11-29(27)31)19-24-12-14-25(15-13-24)26-9-7-10-28(18-26)37(4,33)34/h5-18H,19-20H2,1-4H3. The third kappa shape index (κ3) is 6.36. The summed E-state index contributed by atoms with van der Waals surface area (Å²) in [5.74, 6) is 0. The molecule has 0 saturated carbocycles. The molecule has 0 atom stereocenters. The van der Waals surface area contributed by atoms with Gasteiger partial charge >= 0.3 is 0 Å². The average molecular weight is 660 g/mol. The van der Waals surface area contributed by atoms with Gasteiger partial charge in [-0.15, -0.1) is 0 Å². The van der Waals surface area contributed by atoms with Crippen LogP contribution < -0.4 is 0 Å². The molecule has 4 rings (SSSR count). The van der Waals surface area contributed by atoms with E-state index in [1.54, 1.807) is 18.2 Å². The summed E-state index contributed by atoms with van der Waals surface area (Å²) < 4.78 is 54.7. The molecule has 0 saturated heterocycles. The summed E-state index contributed by atoms with van der Waals surface area (Å²) in [6.45, 7) is 6.09. The Hall–Kier alpha value is -2.53. The molecule has 0 amide bonds. The van der Waals surface area contributed by atoms with Crippen molar-refractivity contribution < 1.29 is 16.8 Å². The molecule has 0 N–H and O–H groups in total. The van der Waals surface area contributed by atoms with Gasteiger partial charge in [0.1, 0.15) is 0 Å². The lowest BCUT2D eigenvalue weighted by Crippen LogP contribution is -2.31. The number of halogens is 1. The number of aryl methyl sites for hydroxylation is 3. The smallest absolute Gasteiger partial charge is 0.224 e. The fourth-order valence-electron chi connectivity index (χ4n) is 4.66. The van der Waals surface area contributed by atoms with Gasteiger partial charge in [0.15, 0.2) is 9.84 Å². The summed E-state index contributed by atoms with van der Waals surface area (Å²) in [6, 6.07) is 26.0. The summed E-state index contributed by atoms with van der Waals surface area (Å²) in [6.07, 6.45) is 1.19. The van der Waals surface area contributed by atoms with Gasteiger partial charge in [-0.25, -0.2) is 16.8 Å². The number of sulfonamides is 1. The van der Waals surface area contributed by atoms with Crippen LogP contribution >= 0.6 is 22.6 Å². The molecule has 0 spiro atoms. The van der Waals surface area contributed by atoms with E-state index >= 15 is 0 Å². The van der Waals surface area contributed by atoms with Gasteiger partial charge < -0.3 is 0 Å². The second kappa shape index (κ2) is 11.3. The zero-order valence-electron chi connectivity index (χ0n) is 21.8. The molecule has 0 bridgehead atoms. The van der Waals surface area contributed by atoms with Crippen LogP contribution in [0, 0.1) is 24.3 Å². The minimum absolute atomic E-state index is 0.198. The molecule has 5 nitrogen and oxygen atoms in total. The van der Waals surface area contributed by atoms with E-state index in [1.165, 1.54) is 10.6 Å². The summed E-state index contributed by atoms with van der Waals surface area (Å²) in [4.78, 5) is 0.612. The van der Waals surface area contributed by atoms with Gasteiger partial charge in [-0.05, 0) is 94.9 Å². The minimum atomic E-state index is -3.81. The maximum atomic E-state index is 14.1. The number of rotatable bonds is 8. The van der Waals surface area contributed by atoms with Crippen LogP contribution in [0.25, 0.3) is 11.1 Å². The number of hydrogen-bond donors (Lipinski definition) is 0. The van der Waals surface area contributed by atoms with E-state index in [9.17, 15) is 16.8 Å². The third-order valence-corrected chi connectivity index (χ3v) is 10.7. The molecular formula is C30H30INO4S2. The van der Waals surface area contributed by atoms with Gasteiger partial charge in [0, 0.05) is 22.9 Å². The van der Waals surface area contributed by atoms with Crippen LogP contribution in [0.5, 0.6) is 0 Å². The van der Waals surface area contributed by atoms with Crippen molar-refractivity contribution in [2.24, 2.45) is 0 Å². The molecule has 0 aliphatic rings. The van der Waals surface area contributed by atoms with Crippen molar-refractivity contribution in [2.75, 3.05) is 6.26 Å². The van der Waals surface area contributed by atoms with Crippen LogP contribution in [0.2, 0.25) is 0 Å². The van der Waals surface area contributed by atoms with E-state index in [2.05, 4.69) is 22.6 Å². The molecule has 0 radical (unpaired) electrons. The quantitative estimate of drug-likeness (QED) is 0.198. The Balaban J connectivity index is 1.71.